The highest BCUT2D eigenvalue weighted by Crippen LogP contribution is 2.28. The lowest BCUT2D eigenvalue weighted by atomic mass is 10.1. The van der Waals surface area contributed by atoms with Crippen LogP contribution in [0.3, 0.4) is 0 Å². The van der Waals surface area contributed by atoms with Crippen molar-refractivity contribution in [1.82, 2.24) is 4.72 Å². The highest BCUT2D eigenvalue weighted by atomic mass is 79.9. The van der Waals surface area contributed by atoms with Crippen molar-refractivity contribution in [3.05, 3.63) is 82.8 Å². The van der Waals surface area contributed by atoms with Gasteiger partial charge in [0, 0.05) is 23.1 Å². The Kier molecular flexibility index (Phi) is 7.16. The van der Waals surface area contributed by atoms with E-state index in [2.05, 4.69) is 20.7 Å². The van der Waals surface area contributed by atoms with Gasteiger partial charge in [0.1, 0.15) is 6.04 Å². The van der Waals surface area contributed by atoms with Crippen LogP contribution in [0.1, 0.15) is 18.4 Å². The molecule has 1 amide bonds. The Hall–Kier alpha value is -3.01. The van der Waals surface area contributed by atoms with E-state index in [1.165, 1.54) is 12.1 Å². The summed E-state index contributed by atoms with van der Waals surface area (Å²) in [4.78, 5) is 26.1. The molecule has 0 bridgehead atoms. The third-order valence-electron chi connectivity index (χ3n) is 5.77. The van der Waals surface area contributed by atoms with E-state index in [1.807, 2.05) is 48.5 Å². The first-order valence-corrected chi connectivity index (χ1v) is 13.0. The Labute approximate surface area is 206 Å². The van der Waals surface area contributed by atoms with Crippen LogP contribution in [-0.2, 0) is 26.0 Å². The van der Waals surface area contributed by atoms with Crippen molar-refractivity contribution >= 4 is 43.5 Å². The maximum atomic E-state index is 12.8. The Balaban J connectivity index is 1.42. The van der Waals surface area contributed by atoms with Crippen LogP contribution in [-0.4, -0.2) is 38.0 Å². The van der Waals surface area contributed by atoms with Gasteiger partial charge >= 0.3 is 5.97 Å². The first kappa shape index (κ1) is 24.1. The van der Waals surface area contributed by atoms with Crippen molar-refractivity contribution in [2.45, 2.75) is 30.2 Å². The second-order valence-corrected chi connectivity index (χ2v) is 10.6. The SMILES string of the molecule is O=C(O)C(CCC(=O)N1CCc2ccccc21)NS(=O)(=O)c1ccc(-c2ccc(Br)cc2)cc1. The number of carboxylic acids is 1. The molecule has 1 atom stereocenters. The minimum atomic E-state index is -4.09. The molecule has 1 unspecified atom stereocenters. The molecular weight excluding hydrogens is 520 g/mol. The largest absolute Gasteiger partial charge is 0.480 e. The summed E-state index contributed by atoms with van der Waals surface area (Å²) >= 11 is 3.38. The zero-order chi connectivity index (χ0) is 24.3. The molecule has 0 spiro atoms. The lowest BCUT2D eigenvalue weighted by Gasteiger charge is -2.19. The topological polar surface area (TPSA) is 104 Å². The summed E-state index contributed by atoms with van der Waals surface area (Å²) in [6.45, 7) is 0.534. The molecule has 2 N–H and O–H groups in total. The number of hydrogen-bond donors (Lipinski definition) is 2. The average molecular weight is 543 g/mol. The second-order valence-electron chi connectivity index (χ2n) is 8.01. The minimum absolute atomic E-state index is 0.0422. The lowest BCUT2D eigenvalue weighted by molar-refractivity contribution is -0.139. The normalized spacial score (nSPS) is 14.0. The van der Waals surface area contributed by atoms with Crippen LogP contribution in [0.15, 0.2) is 82.2 Å². The zero-order valence-electron chi connectivity index (χ0n) is 18.1. The number of sulfonamides is 1. The predicted octanol–water partition coefficient (Wildman–Crippen LogP) is 4.22. The summed E-state index contributed by atoms with van der Waals surface area (Å²) in [5.41, 5.74) is 3.65. The van der Waals surface area contributed by atoms with Gasteiger partial charge < -0.3 is 10.0 Å². The summed E-state index contributed by atoms with van der Waals surface area (Å²) in [5.74, 6) is -1.56. The van der Waals surface area contributed by atoms with Crippen LogP contribution in [0.25, 0.3) is 11.1 Å². The molecule has 0 saturated heterocycles. The zero-order valence-corrected chi connectivity index (χ0v) is 20.6. The second kappa shape index (κ2) is 10.1. The Morgan fingerprint density at radius 2 is 1.59 bits per heavy atom. The van der Waals surface area contributed by atoms with Crippen molar-refractivity contribution in [3.63, 3.8) is 0 Å². The fraction of sp³-hybridized carbons (Fsp3) is 0.200. The minimum Gasteiger partial charge on any atom is -0.480 e. The molecule has 4 rings (SSSR count). The molecule has 1 aliphatic heterocycles. The highest BCUT2D eigenvalue weighted by Gasteiger charge is 2.29. The van der Waals surface area contributed by atoms with Gasteiger partial charge in [0.2, 0.25) is 15.9 Å². The smallest absolute Gasteiger partial charge is 0.321 e. The monoisotopic (exact) mass is 542 g/mol. The van der Waals surface area contributed by atoms with Crippen molar-refractivity contribution in [2.75, 3.05) is 11.4 Å². The number of para-hydroxylation sites is 1. The molecule has 9 heteroatoms. The standard InChI is InChI=1S/C25H23BrN2O5S/c26-20-9-5-17(6-10-20)18-7-11-21(12-8-18)34(32,33)27-22(25(30)31)13-14-24(29)28-16-15-19-3-1-2-4-23(19)28/h1-12,22,27H,13-16H2,(H,30,31). The third kappa shape index (κ3) is 5.38. The quantitative estimate of drug-likeness (QED) is 0.443. The number of halogens is 1. The number of hydrogen-bond acceptors (Lipinski definition) is 4. The van der Waals surface area contributed by atoms with Gasteiger partial charge in [-0.25, -0.2) is 8.42 Å². The molecule has 0 saturated carbocycles. The summed E-state index contributed by atoms with van der Waals surface area (Å²) in [6.07, 6.45) is 0.506. The number of rotatable bonds is 8. The number of aliphatic carboxylic acids is 1. The first-order valence-electron chi connectivity index (χ1n) is 10.7. The first-order chi connectivity index (χ1) is 16.2. The van der Waals surface area contributed by atoms with Gasteiger partial charge in [-0.15, -0.1) is 0 Å². The van der Waals surface area contributed by atoms with Crippen LogP contribution in [0, 0.1) is 0 Å². The third-order valence-corrected chi connectivity index (χ3v) is 7.79. The number of carboxylic acid groups (broad SMARTS) is 1. The van der Waals surface area contributed by atoms with Gasteiger partial charge in [0.15, 0.2) is 0 Å². The van der Waals surface area contributed by atoms with Gasteiger partial charge in [-0.3, -0.25) is 9.59 Å². The highest BCUT2D eigenvalue weighted by molar-refractivity contribution is 9.10. The van der Waals surface area contributed by atoms with E-state index in [9.17, 15) is 23.1 Å². The van der Waals surface area contributed by atoms with Crippen molar-refractivity contribution < 1.29 is 23.1 Å². The number of benzene rings is 3. The summed E-state index contributed by atoms with van der Waals surface area (Å²) in [7, 11) is -4.09. The molecule has 1 heterocycles. The maximum Gasteiger partial charge on any atom is 0.321 e. The molecule has 0 aliphatic carbocycles. The van der Waals surface area contributed by atoms with E-state index in [0.29, 0.717) is 6.54 Å². The van der Waals surface area contributed by atoms with Gasteiger partial charge in [-0.05, 0) is 59.9 Å². The van der Waals surface area contributed by atoms with Crippen LogP contribution in [0.5, 0.6) is 0 Å². The molecule has 34 heavy (non-hydrogen) atoms. The molecule has 0 fully saturated rings. The summed E-state index contributed by atoms with van der Waals surface area (Å²) in [6, 6.07) is 20.0. The van der Waals surface area contributed by atoms with E-state index < -0.39 is 22.0 Å². The fourth-order valence-electron chi connectivity index (χ4n) is 3.96. The Bertz CT molecular complexity index is 1310. The average Bonchev–Trinajstić information content (AvgIpc) is 3.26. The summed E-state index contributed by atoms with van der Waals surface area (Å²) in [5, 5.41) is 9.58. The van der Waals surface area contributed by atoms with Gasteiger partial charge in [-0.2, -0.15) is 4.72 Å². The van der Waals surface area contributed by atoms with Gasteiger partial charge in [0.05, 0.1) is 4.90 Å². The van der Waals surface area contributed by atoms with E-state index in [0.717, 1.165) is 33.3 Å². The van der Waals surface area contributed by atoms with Crippen LogP contribution in [0.4, 0.5) is 5.69 Å². The van der Waals surface area contributed by atoms with Crippen molar-refractivity contribution in [3.8, 4) is 11.1 Å². The van der Waals surface area contributed by atoms with Crippen LogP contribution >= 0.6 is 15.9 Å². The van der Waals surface area contributed by atoms with Crippen molar-refractivity contribution in [2.24, 2.45) is 0 Å². The molecule has 3 aromatic rings. The number of fused-ring (bicyclic) bond motifs is 1. The molecule has 3 aromatic carbocycles. The van der Waals surface area contributed by atoms with Gasteiger partial charge in [0.25, 0.3) is 0 Å². The van der Waals surface area contributed by atoms with Crippen LogP contribution in [0.2, 0.25) is 0 Å². The number of nitrogens with one attached hydrogen (secondary N) is 1. The predicted molar refractivity (Wildman–Crippen MR) is 133 cm³/mol. The summed E-state index contributed by atoms with van der Waals surface area (Å²) < 4.78 is 28.8. The molecule has 7 nitrogen and oxygen atoms in total. The lowest BCUT2D eigenvalue weighted by Crippen LogP contribution is -2.41. The number of amides is 1. The van der Waals surface area contributed by atoms with Crippen molar-refractivity contribution in [1.29, 1.82) is 0 Å². The molecule has 0 radical (unpaired) electrons. The number of carbonyl (C=O) groups excluding carboxylic acids is 1. The van der Waals surface area contributed by atoms with E-state index in [-0.39, 0.29) is 23.6 Å². The fourth-order valence-corrected chi connectivity index (χ4v) is 5.45. The van der Waals surface area contributed by atoms with E-state index in [4.69, 9.17) is 0 Å². The number of nitrogens with zero attached hydrogens (tertiary/aromatic N) is 1. The number of carbonyl (C=O) groups is 2. The molecule has 176 valence electrons. The Morgan fingerprint density at radius 3 is 2.24 bits per heavy atom. The number of anilines is 1. The Morgan fingerprint density at radius 1 is 0.971 bits per heavy atom. The molecule has 1 aliphatic rings. The molecular formula is C25H23BrN2O5S. The van der Waals surface area contributed by atoms with E-state index >= 15 is 0 Å². The molecule has 0 aromatic heterocycles. The van der Waals surface area contributed by atoms with Crippen LogP contribution < -0.4 is 9.62 Å². The van der Waals surface area contributed by atoms with E-state index in [1.54, 1.807) is 17.0 Å². The maximum absolute atomic E-state index is 12.8. The van der Waals surface area contributed by atoms with Gasteiger partial charge in [-0.1, -0.05) is 58.4 Å².